The van der Waals surface area contributed by atoms with Gasteiger partial charge in [0, 0.05) is 25.0 Å². The predicted molar refractivity (Wildman–Crippen MR) is 64.0 cm³/mol. The van der Waals surface area contributed by atoms with E-state index in [1.165, 1.54) is 11.5 Å². The Labute approximate surface area is 99.3 Å². The van der Waals surface area contributed by atoms with Crippen molar-refractivity contribution in [3.63, 3.8) is 0 Å². The van der Waals surface area contributed by atoms with Crippen LogP contribution in [0.25, 0.3) is 0 Å². The summed E-state index contributed by atoms with van der Waals surface area (Å²) >= 11 is 1.24. The van der Waals surface area contributed by atoms with Gasteiger partial charge in [-0.25, -0.2) is 9.78 Å². The van der Waals surface area contributed by atoms with E-state index in [-0.39, 0.29) is 0 Å². The summed E-state index contributed by atoms with van der Waals surface area (Å²) < 4.78 is 4.20. The van der Waals surface area contributed by atoms with Crippen molar-refractivity contribution in [1.29, 1.82) is 0 Å². The molecule has 0 saturated heterocycles. The number of carbonyl (C=O) groups is 1. The third kappa shape index (κ3) is 2.49. The Morgan fingerprint density at radius 3 is 2.69 bits per heavy atom. The van der Waals surface area contributed by atoms with Crippen LogP contribution >= 0.6 is 11.5 Å². The number of hydrogen-bond donors (Lipinski definition) is 1. The van der Waals surface area contributed by atoms with Gasteiger partial charge < -0.3 is 10.0 Å². The lowest BCUT2D eigenvalue weighted by Gasteiger charge is -2.30. The molecule has 6 heteroatoms. The van der Waals surface area contributed by atoms with E-state index in [4.69, 9.17) is 5.11 Å². The van der Waals surface area contributed by atoms with Crippen LogP contribution in [0.5, 0.6) is 0 Å². The van der Waals surface area contributed by atoms with E-state index in [0.29, 0.717) is 5.13 Å². The maximum atomic E-state index is 11.1. The Morgan fingerprint density at radius 2 is 2.19 bits per heavy atom. The molecule has 0 aromatic carbocycles. The minimum atomic E-state index is -0.969. The fourth-order valence-electron chi connectivity index (χ4n) is 1.09. The molecule has 0 spiro atoms. The molecule has 0 aliphatic carbocycles. The lowest BCUT2D eigenvalue weighted by atomic mass is 10.1. The van der Waals surface area contributed by atoms with Gasteiger partial charge in [-0.05, 0) is 20.3 Å². The van der Waals surface area contributed by atoms with Gasteiger partial charge in [-0.3, -0.25) is 0 Å². The number of carboxylic acids is 1. The van der Waals surface area contributed by atoms with Crippen LogP contribution in [0.3, 0.4) is 0 Å². The fraction of sp³-hybridized carbons (Fsp3) is 0.700. The second-order valence-electron chi connectivity index (χ2n) is 4.17. The summed E-state index contributed by atoms with van der Waals surface area (Å²) in [5.74, 6) is -0.0854. The number of aryl methyl sites for hydroxylation is 1. The molecule has 1 N–H and O–H groups in total. The van der Waals surface area contributed by atoms with E-state index in [1.54, 1.807) is 25.8 Å². The highest BCUT2D eigenvalue weighted by Gasteiger charge is 2.33. The molecular formula is C10H17N3O2S. The van der Waals surface area contributed by atoms with Crippen molar-refractivity contribution in [3.8, 4) is 0 Å². The van der Waals surface area contributed by atoms with Gasteiger partial charge in [0.15, 0.2) is 0 Å². The van der Waals surface area contributed by atoms with Crippen molar-refractivity contribution < 1.29 is 9.90 Å². The van der Waals surface area contributed by atoms with E-state index in [2.05, 4.69) is 16.3 Å². The van der Waals surface area contributed by atoms with Crippen LogP contribution < -0.4 is 4.90 Å². The number of likely N-dealkylation sites (N-methyl/N-ethyl adjacent to an activating group) is 1. The Balaban J connectivity index is 2.87. The zero-order valence-corrected chi connectivity index (χ0v) is 10.8. The molecule has 0 atom stereocenters. The van der Waals surface area contributed by atoms with E-state index >= 15 is 0 Å². The standard InChI is InChI=1S/C10H17N3O2S/c1-5-6-7-11-9(16-12-7)13(4)10(2,3)8(14)15/h5-6H2,1-4H3,(H,14,15). The van der Waals surface area contributed by atoms with Crippen molar-refractivity contribution in [2.75, 3.05) is 11.9 Å². The molecule has 0 bridgehead atoms. The van der Waals surface area contributed by atoms with Crippen molar-refractivity contribution in [2.24, 2.45) is 0 Å². The largest absolute Gasteiger partial charge is 0.480 e. The van der Waals surface area contributed by atoms with Crippen molar-refractivity contribution in [3.05, 3.63) is 5.82 Å². The highest BCUT2D eigenvalue weighted by Crippen LogP contribution is 2.24. The van der Waals surface area contributed by atoms with Crippen LogP contribution in [-0.2, 0) is 11.2 Å². The minimum Gasteiger partial charge on any atom is -0.480 e. The van der Waals surface area contributed by atoms with Crippen molar-refractivity contribution >= 4 is 22.6 Å². The smallest absolute Gasteiger partial charge is 0.329 e. The Hall–Kier alpha value is -1.17. The zero-order chi connectivity index (χ0) is 12.3. The van der Waals surface area contributed by atoms with Gasteiger partial charge in [-0.2, -0.15) is 4.37 Å². The van der Waals surface area contributed by atoms with Gasteiger partial charge in [-0.1, -0.05) is 6.92 Å². The maximum Gasteiger partial charge on any atom is 0.329 e. The van der Waals surface area contributed by atoms with Crippen LogP contribution in [0.1, 0.15) is 33.0 Å². The molecule has 0 aliphatic rings. The molecule has 0 unspecified atom stereocenters. The van der Waals surface area contributed by atoms with Crippen LogP contribution in [0.15, 0.2) is 0 Å². The van der Waals surface area contributed by atoms with Crippen molar-refractivity contribution in [1.82, 2.24) is 9.36 Å². The molecule has 90 valence electrons. The topological polar surface area (TPSA) is 66.3 Å². The van der Waals surface area contributed by atoms with E-state index in [9.17, 15) is 4.79 Å². The van der Waals surface area contributed by atoms with Gasteiger partial charge in [0.05, 0.1) is 0 Å². The number of hydrogen-bond acceptors (Lipinski definition) is 5. The monoisotopic (exact) mass is 243 g/mol. The van der Waals surface area contributed by atoms with Gasteiger partial charge in [0.1, 0.15) is 11.4 Å². The molecule has 0 fully saturated rings. The molecule has 0 aliphatic heterocycles. The number of aromatic nitrogens is 2. The lowest BCUT2D eigenvalue weighted by Crippen LogP contribution is -2.48. The molecule has 16 heavy (non-hydrogen) atoms. The molecule has 1 rings (SSSR count). The Bertz CT molecular complexity index is 376. The van der Waals surface area contributed by atoms with Crippen LogP contribution in [0, 0.1) is 0 Å². The molecule has 1 aromatic rings. The predicted octanol–water partition coefficient (Wildman–Crippen LogP) is 1.79. The molecule has 1 heterocycles. The fourth-order valence-corrected chi connectivity index (χ4v) is 1.90. The first kappa shape index (κ1) is 12.9. The van der Waals surface area contributed by atoms with Crippen LogP contribution in [0.2, 0.25) is 0 Å². The number of aliphatic carboxylic acids is 1. The molecule has 1 aromatic heterocycles. The maximum absolute atomic E-state index is 11.1. The SMILES string of the molecule is CCCc1nsc(N(C)C(C)(C)C(=O)O)n1. The normalized spacial score (nSPS) is 11.5. The second kappa shape index (κ2) is 4.78. The number of rotatable bonds is 5. The number of anilines is 1. The summed E-state index contributed by atoms with van der Waals surface area (Å²) in [4.78, 5) is 17.0. The molecule has 0 amide bonds. The summed E-state index contributed by atoms with van der Waals surface area (Å²) in [7, 11) is 1.73. The summed E-state index contributed by atoms with van der Waals surface area (Å²) in [5, 5.41) is 9.75. The van der Waals surface area contributed by atoms with E-state index in [1.807, 2.05) is 0 Å². The third-order valence-corrected chi connectivity index (χ3v) is 3.41. The summed E-state index contributed by atoms with van der Waals surface area (Å²) in [5.41, 5.74) is -0.969. The molecule has 0 radical (unpaired) electrons. The molecule has 5 nitrogen and oxygen atoms in total. The first-order valence-electron chi connectivity index (χ1n) is 5.19. The highest BCUT2D eigenvalue weighted by atomic mass is 32.1. The second-order valence-corrected chi connectivity index (χ2v) is 4.90. The number of carboxylic acid groups (broad SMARTS) is 1. The quantitative estimate of drug-likeness (QED) is 0.854. The first-order valence-corrected chi connectivity index (χ1v) is 5.96. The molecule has 0 saturated carbocycles. The first-order chi connectivity index (χ1) is 7.39. The minimum absolute atomic E-state index is 0.649. The zero-order valence-electron chi connectivity index (χ0n) is 10.0. The van der Waals surface area contributed by atoms with E-state index in [0.717, 1.165) is 18.7 Å². The van der Waals surface area contributed by atoms with Crippen molar-refractivity contribution in [2.45, 2.75) is 39.2 Å². The molecular weight excluding hydrogens is 226 g/mol. The third-order valence-electron chi connectivity index (χ3n) is 2.58. The summed E-state index contributed by atoms with van der Waals surface area (Å²) in [6, 6.07) is 0. The van der Waals surface area contributed by atoms with Crippen LogP contribution in [0.4, 0.5) is 5.13 Å². The van der Waals surface area contributed by atoms with Gasteiger partial charge in [-0.15, -0.1) is 0 Å². The highest BCUT2D eigenvalue weighted by molar-refractivity contribution is 7.09. The summed E-state index contributed by atoms with van der Waals surface area (Å²) in [6.45, 7) is 5.36. The van der Waals surface area contributed by atoms with E-state index < -0.39 is 11.5 Å². The Morgan fingerprint density at radius 1 is 1.56 bits per heavy atom. The van der Waals surface area contributed by atoms with Gasteiger partial charge in [0.2, 0.25) is 5.13 Å². The van der Waals surface area contributed by atoms with Gasteiger partial charge in [0.25, 0.3) is 0 Å². The van der Waals surface area contributed by atoms with Crippen LogP contribution in [-0.4, -0.2) is 33.0 Å². The Kier molecular flexibility index (Phi) is 3.85. The average molecular weight is 243 g/mol. The van der Waals surface area contributed by atoms with Gasteiger partial charge >= 0.3 is 5.97 Å². The number of nitrogens with zero attached hydrogens (tertiary/aromatic N) is 3. The lowest BCUT2D eigenvalue weighted by molar-refractivity contribution is -0.142. The average Bonchev–Trinajstić information content (AvgIpc) is 2.65. The summed E-state index contributed by atoms with van der Waals surface area (Å²) in [6.07, 6.45) is 1.82.